The molecular formula is C12H17ClN2O. The molecule has 1 aromatic rings. The van der Waals surface area contributed by atoms with Gasteiger partial charge in [-0.3, -0.25) is 4.79 Å². The summed E-state index contributed by atoms with van der Waals surface area (Å²) < 4.78 is 0. The zero-order chi connectivity index (χ0) is 12.1. The molecule has 0 radical (unpaired) electrons. The van der Waals surface area contributed by atoms with E-state index < -0.39 is 0 Å². The van der Waals surface area contributed by atoms with Crippen molar-refractivity contribution >= 4 is 28.9 Å². The molecular weight excluding hydrogens is 224 g/mol. The molecule has 16 heavy (non-hydrogen) atoms. The summed E-state index contributed by atoms with van der Waals surface area (Å²) in [4.78, 5) is 13.4. The molecule has 0 saturated heterocycles. The van der Waals surface area contributed by atoms with Gasteiger partial charge < -0.3 is 10.6 Å². The second-order valence-electron chi connectivity index (χ2n) is 3.76. The van der Waals surface area contributed by atoms with Gasteiger partial charge in [0.15, 0.2) is 0 Å². The fourth-order valence-corrected chi connectivity index (χ4v) is 1.60. The van der Waals surface area contributed by atoms with E-state index in [4.69, 9.17) is 17.3 Å². The van der Waals surface area contributed by atoms with Crippen LogP contribution in [0.2, 0.25) is 5.02 Å². The molecule has 1 rings (SSSR count). The second-order valence-corrected chi connectivity index (χ2v) is 4.20. The van der Waals surface area contributed by atoms with Crippen molar-refractivity contribution < 1.29 is 4.79 Å². The Bertz CT molecular complexity index is 379. The van der Waals surface area contributed by atoms with Crippen molar-refractivity contribution in [1.82, 2.24) is 0 Å². The third-order valence-corrected chi connectivity index (χ3v) is 2.71. The van der Waals surface area contributed by atoms with Gasteiger partial charge in [0.05, 0.1) is 11.4 Å². The van der Waals surface area contributed by atoms with Gasteiger partial charge in [-0.2, -0.15) is 0 Å². The normalized spacial score (nSPS) is 10.2. The van der Waals surface area contributed by atoms with Crippen molar-refractivity contribution in [2.24, 2.45) is 0 Å². The van der Waals surface area contributed by atoms with E-state index in [1.807, 2.05) is 0 Å². The van der Waals surface area contributed by atoms with Crippen molar-refractivity contribution in [2.45, 2.75) is 26.2 Å². The average molecular weight is 241 g/mol. The molecule has 1 aromatic carbocycles. The summed E-state index contributed by atoms with van der Waals surface area (Å²) in [5.41, 5.74) is 7.05. The SMILES string of the molecule is CCCCC(=O)N(C)c1cc(Cl)ccc1N. The molecule has 0 spiro atoms. The van der Waals surface area contributed by atoms with Gasteiger partial charge in [-0.15, -0.1) is 0 Å². The van der Waals surface area contributed by atoms with E-state index in [1.54, 1.807) is 30.1 Å². The minimum Gasteiger partial charge on any atom is -0.397 e. The third-order valence-electron chi connectivity index (χ3n) is 2.47. The first-order valence-electron chi connectivity index (χ1n) is 5.37. The summed E-state index contributed by atoms with van der Waals surface area (Å²) >= 11 is 5.88. The Balaban J connectivity index is 2.82. The molecule has 0 aliphatic carbocycles. The number of anilines is 2. The zero-order valence-corrected chi connectivity index (χ0v) is 10.4. The van der Waals surface area contributed by atoms with Crippen LogP contribution in [-0.4, -0.2) is 13.0 Å². The zero-order valence-electron chi connectivity index (χ0n) is 9.66. The van der Waals surface area contributed by atoms with Gasteiger partial charge in [-0.25, -0.2) is 0 Å². The first kappa shape index (κ1) is 12.8. The topological polar surface area (TPSA) is 46.3 Å². The van der Waals surface area contributed by atoms with Crippen molar-refractivity contribution in [3.8, 4) is 0 Å². The molecule has 0 saturated carbocycles. The van der Waals surface area contributed by atoms with Gasteiger partial charge in [-0.1, -0.05) is 24.9 Å². The van der Waals surface area contributed by atoms with Crippen LogP contribution in [0, 0.1) is 0 Å². The molecule has 0 bridgehead atoms. The van der Waals surface area contributed by atoms with Crippen molar-refractivity contribution in [3.05, 3.63) is 23.2 Å². The lowest BCUT2D eigenvalue weighted by Gasteiger charge is -2.19. The summed E-state index contributed by atoms with van der Waals surface area (Å²) in [6, 6.07) is 5.13. The van der Waals surface area contributed by atoms with Crippen LogP contribution < -0.4 is 10.6 Å². The standard InChI is InChI=1S/C12H17ClN2O/c1-3-4-5-12(16)15(2)11-8-9(13)6-7-10(11)14/h6-8H,3-5,14H2,1-2H3. The maximum absolute atomic E-state index is 11.8. The lowest BCUT2D eigenvalue weighted by atomic mass is 10.2. The van der Waals surface area contributed by atoms with E-state index >= 15 is 0 Å². The molecule has 0 atom stereocenters. The van der Waals surface area contributed by atoms with Gasteiger partial charge >= 0.3 is 0 Å². The summed E-state index contributed by atoms with van der Waals surface area (Å²) in [5, 5.41) is 0.583. The molecule has 1 amide bonds. The number of carbonyl (C=O) groups is 1. The first-order valence-corrected chi connectivity index (χ1v) is 5.75. The number of hydrogen-bond acceptors (Lipinski definition) is 2. The Hall–Kier alpha value is -1.22. The Morgan fingerprint density at radius 1 is 1.50 bits per heavy atom. The fourth-order valence-electron chi connectivity index (χ4n) is 1.44. The van der Waals surface area contributed by atoms with Gasteiger partial charge in [0, 0.05) is 18.5 Å². The van der Waals surface area contributed by atoms with Crippen molar-refractivity contribution in [2.75, 3.05) is 17.7 Å². The van der Waals surface area contributed by atoms with E-state index in [-0.39, 0.29) is 5.91 Å². The molecule has 0 aliphatic heterocycles. The Morgan fingerprint density at radius 2 is 2.19 bits per heavy atom. The molecule has 88 valence electrons. The molecule has 2 N–H and O–H groups in total. The number of carbonyl (C=O) groups excluding carboxylic acids is 1. The van der Waals surface area contributed by atoms with Crippen molar-refractivity contribution in [1.29, 1.82) is 0 Å². The molecule has 3 nitrogen and oxygen atoms in total. The summed E-state index contributed by atoms with van der Waals surface area (Å²) in [6.45, 7) is 2.06. The minimum absolute atomic E-state index is 0.0656. The highest BCUT2D eigenvalue weighted by Gasteiger charge is 2.13. The van der Waals surface area contributed by atoms with Crippen LogP contribution in [0.25, 0.3) is 0 Å². The molecule has 0 heterocycles. The lowest BCUT2D eigenvalue weighted by molar-refractivity contribution is -0.118. The average Bonchev–Trinajstić information content (AvgIpc) is 2.28. The van der Waals surface area contributed by atoms with Crippen LogP contribution in [0.15, 0.2) is 18.2 Å². The largest absolute Gasteiger partial charge is 0.397 e. The highest BCUT2D eigenvalue weighted by Crippen LogP contribution is 2.26. The van der Waals surface area contributed by atoms with E-state index in [1.165, 1.54) is 0 Å². The van der Waals surface area contributed by atoms with Crippen LogP contribution >= 0.6 is 11.6 Å². The number of unbranched alkanes of at least 4 members (excludes halogenated alkanes) is 1. The minimum atomic E-state index is 0.0656. The number of hydrogen-bond donors (Lipinski definition) is 1. The smallest absolute Gasteiger partial charge is 0.226 e. The van der Waals surface area contributed by atoms with Gasteiger partial charge in [0.1, 0.15) is 0 Å². The molecule has 0 unspecified atom stereocenters. The van der Waals surface area contributed by atoms with Gasteiger partial charge in [-0.05, 0) is 24.6 Å². The van der Waals surface area contributed by atoms with Crippen molar-refractivity contribution in [3.63, 3.8) is 0 Å². The molecule has 0 fully saturated rings. The van der Waals surface area contributed by atoms with E-state index in [9.17, 15) is 4.79 Å². The summed E-state index contributed by atoms with van der Waals surface area (Å²) in [7, 11) is 1.72. The highest BCUT2D eigenvalue weighted by atomic mass is 35.5. The third kappa shape index (κ3) is 3.14. The highest BCUT2D eigenvalue weighted by molar-refractivity contribution is 6.31. The van der Waals surface area contributed by atoms with Crippen LogP contribution in [0.5, 0.6) is 0 Å². The van der Waals surface area contributed by atoms with Crippen LogP contribution in [0.4, 0.5) is 11.4 Å². The van der Waals surface area contributed by atoms with Crippen LogP contribution in [-0.2, 0) is 4.79 Å². The number of nitrogen functional groups attached to an aromatic ring is 1. The summed E-state index contributed by atoms with van der Waals surface area (Å²) in [6.07, 6.45) is 2.44. The van der Waals surface area contributed by atoms with Gasteiger partial charge in [0.25, 0.3) is 0 Å². The Labute approximate surface area is 101 Å². The lowest BCUT2D eigenvalue weighted by Crippen LogP contribution is -2.26. The molecule has 0 aliphatic rings. The Morgan fingerprint density at radius 3 is 2.81 bits per heavy atom. The number of halogens is 1. The van der Waals surface area contributed by atoms with E-state index in [2.05, 4.69) is 6.92 Å². The monoisotopic (exact) mass is 240 g/mol. The number of nitrogens with two attached hydrogens (primary N) is 1. The maximum atomic E-state index is 11.8. The van der Waals surface area contributed by atoms with Gasteiger partial charge in [0.2, 0.25) is 5.91 Å². The Kier molecular flexibility index (Phi) is 4.62. The molecule has 4 heteroatoms. The number of amides is 1. The predicted molar refractivity (Wildman–Crippen MR) is 68.8 cm³/mol. The number of nitrogens with zero attached hydrogens (tertiary/aromatic N) is 1. The van der Waals surface area contributed by atoms with E-state index in [0.29, 0.717) is 22.8 Å². The number of benzene rings is 1. The predicted octanol–water partition coefficient (Wildman–Crippen LogP) is 3.08. The fraction of sp³-hybridized carbons (Fsp3) is 0.417. The van der Waals surface area contributed by atoms with Crippen LogP contribution in [0.3, 0.4) is 0 Å². The summed E-state index contributed by atoms with van der Waals surface area (Å²) in [5.74, 6) is 0.0656. The van der Waals surface area contributed by atoms with E-state index in [0.717, 1.165) is 12.8 Å². The molecule has 0 aromatic heterocycles. The quantitative estimate of drug-likeness (QED) is 0.823. The first-order chi connectivity index (χ1) is 7.56. The maximum Gasteiger partial charge on any atom is 0.226 e. The number of rotatable bonds is 4. The second kappa shape index (κ2) is 5.75. The van der Waals surface area contributed by atoms with Crippen LogP contribution in [0.1, 0.15) is 26.2 Å².